The predicted octanol–water partition coefficient (Wildman–Crippen LogP) is 4.66. The zero-order chi connectivity index (χ0) is 20.4. The molecule has 1 heterocycles. The van der Waals surface area contributed by atoms with Crippen LogP contribution in [0.25, 0.3) is 0 Å². The molecule has 2 aromatic rings. The minimum Gasteiger partial charge on any atom is -0.374 e. The van der Waals surface area contributed by atoms with Gasteiger partial charge in [0.2, 0.25) is 0 Å². The van der Waals surface area contributed by atoms with Gasteiger partial charge in [-0.05, 0) is 18.9 Å². The fourth-order valence-electron chi connectivity index (χ4n) is 2.42. The quantitative estimate of drug-likeness (QED) is 0.210. The minimum absolute atomic E-state index is 0. The summed E-state index contributed by atoms with van der Waals surface area (Å²) in [6, 6.07) is 10.0. The third-order valence-corrected chi connectivity index (χ3v) is 4.86. The van der Waals surface area contributed by atoms with E-state index in [2.05, 4.69) is 20.6 Å². The molecule has 0 bridgehead atoms. The monoisotopic (exact) mass is 542 g/mol. The summed E-state index contributed by atoms with van der Waals surface area (Å²) in [4.78, 5) is 7.71. The molecule has 1 atom stereocenters. The zero-order valence-electron chi connectivity index (χ0n) is 16.3. The Balaban J connectivity index is 0.00000420. The Morgan fingerprint density at radius 3 is 2.52 bits per heavy atom. The first-order valence-corrected chi connectivity index (χ1v) is 9.90. The predicted molar refractivity (Wildman–Crippen MR) is 121 cm³/mol. The molecule has 1 aromatic carbocycles. The molecule has 5 nitrogen and oxygen atoms in total. The number of alkyl halides is 3. The lowest BCUT2D eigenvalue weighted by molar-refractivity contribution is -0.140. The molecule has 0 spiro atoms. The van der Waals surface area contributed by atoms with E-state index in [9.17, 15) is 13.2 Å². The van der Waals surface area contributed by atoms with Gasteiger partial charge < -0.3 is 15.4 Å². The van der Waals surface area contributed by atoms with Crippen molar-refractivity contribution in [3.8, 4) is 0 Å². The Kier molecular flexibility index (Phi) is 11.5. The molecule has 162 valence electrons. The largest absolute Gasteiger partial charge is 0.434 e. The summed E-state index contributed by atoms with van der Waals surface area (Å²) in [7, 11) is 1.65. The van der Waals surface area contributed by atoms with E-state index in [1.54, 1.807) is 7.05 Å². The van der Waals surface area contributed by atoms with Crippen molar-refractivity contribution in [3.63, 3.8) is 0 Å². The first-order valence-electron chi connectivity index (χ1n) is 9.03. The molecule has 2 N–H and O–H groups in total. The van der Waals surface area contributed by atoms with E-state index in [1.807, 2.05) is 37.3 Å². The molecular weight excluding hydrogens is 516 g/mol. The van der Waals surface area contributed by atoms with Crippen LogP contribution in [0.1, 0.15) is 35.7 Å². The fraction of sp³-hybridized carbons (Fsp3) is 0.474. The second kappa shape index (κ2) is 13.0. The third kappa shape index (κ3) is 9.30. The van der Waals surface area contributed by atoms with Crippen LogP contribution in [0.2, 0.25) is 0 Å². The summed E-state index contributed by atoms with van der Waals surface area (Å²) in [6.45, 7) is 3.76. The number of nitrogens with zero attached hydrogens (tertiary/aromatic N) is 2. The number of aliphatic imine (C=N–C) groups is 1. The number of thiazole rings is 1. The molecule has 0 aliphatic rings. The van der Waals surface area contributed by atoms with Gasteiger partial charge in [-0.15, -0.1) is 35.3 Å². The molecule has 0 amide bonds. The first-order chi connectivity index (χ1) is 13.4. The molecule has 29 heavy (non-hydrogen) atoms. The van der Waals surface area contributed by atoms with Gasteiger partial charge >= 0.3 is 6.18 Å². The molecule has 0 aliphatic heterocycles. The SMILES string of the molecule is CN=C(NCCCOC(C)c1ccccc1)NCCc1nc(C(F)(F)F)cs1.I. The molecular formula is C19H26F3IN4OS. The minimum atomic E-state index is -4.39. The molecule has 2 rings (SSSR count). The lowest BCUT2D eigenvalue weighted by Gasteiger charge is -2.14. The van der Waals surface area contributed by atoms with Gasteiger partial charge in [-0.2, -0.15) is 13.2 Å². The summed E-state index contributed by atoms with van der Waals surface area (Å²) in [5.41, 5.74) is 0.309. The van der Waals surface area contributed by atoms with Gasteiger partial charge in [0.05, 0.1) is 11.1 Å². The van der Waals surface area contributed by atoms with Crippen molar-refractivity contribution < 1.29 is 17.9 Å². The molecule has 0 aliphatic carbocycles. The zero-order valence-corrected chi connectivity index (χ0v) is 19.5. The van der Waals surface area contributed by atoms with Crippen LogP contribution in [-0.4, -0.2) is 37.7 Å². The molecule has 1 unspecified atom stereocenters. The highest BCUT2D eigenvalue weighted by Crippen LogP contribution is 2.30. The van der Waals surface area contributed by atoms with Crippen LogP contribution in [0.15, 0.2) is 40.7 Å². The second-order valence-electron chi connectivity index (χ2n) is 6.08. The van der Waals surface area contributed by atoms with Gasteiger partial charge in [-0.1, -0.05) is 30.3 Å². The van der Waals surface area contributed by atoms with Crippen molar-refractivity contribution in [3.05, 3.63) is 52.0 Å². The molecule has 0 radical (unpaired) electrons. The average Bonchev–Trinajstić information content (AvgIpc) is 3.16. The number of hydrogen-bond donors (Lipinski definition) is 2. The van der Waals surface area contributed by atoms with Crippen LogP contribution >= 0.6 is 35.3 Å². The number of rotatable bonds is 9. The summed E-state index contributed by atoms with van der Waals surface area (Å²) in [5, 5.41) is 7.72. The Morgan fingerprint density at radius 1 is 1.21 bits per heavy atom. The summed E-state index contributed by atoms with van der Waals surface area (Å²) in [5.74, 6) is 0.601. The van der Waals surface area contributed by atoms with Crippen LogP contribution in [0.5, 0.6) is 0 Å². The Labute approximate surface area is 190 Å². The van der Waals surface area contributed by atoms with Crippen molar-refractivity contribution in [1.29, 1.82) is 0 Å². The number of benzene rings is 1. The highest BCUT2D eigenvalue weighted by molar-refractivity contribution is 14.0. The lowest BCUT2D eigenvalue weighted by atomic mass is 10.1. The van der Waals surface area contributed by atoms with E-state index >= 15 is 0 Å². The third-order valence-electron chi connectivity index (χ3n) is 3.95. The maximum absolute atomic E-state index is 12.5. The van der Waals surface area contributed by atoms with Gasteiger partial charge in [0.25, 0.3) is 0 Å². The number of nitrogens with one attached hydrogen (secondary N) is 2. The molecule has 0 saturated carbocycles. The summed E-state index contributed by atoms with van der Waals surface area (Å²) in [6.07, 6.45) is -3.14. The van der Waals surface area contributed by atoms with E-state index < -0.39 is 11.9 Å². The van der Waals surface area contributed by atoms with Gasteiger partial charge in [0.15, 0.2) is 11.7 Å². The molecule has 0 fully saturated rings. The van der Waals surface area contributed by atoms with Gasteiger partial charge in [-0.3, -0.25) is 4.99 Å². The number of guanidine groups is 1. The Hall–Kier alpha value is -1.40. The van der Waals surface area contributed by atoms with Crippen LogP contribution < -0.4 is 10.6 Å². The van der Waals surface area contributed by atoms with Gasteiger partial charge in [-0.25, -0.2) is 4.98 Å². The average molecular weight is 542 g/mol. The normalized spacial score (nSPS) is 12.9. The molecule has 1 aromatic heterocycles. The standard InChI is InChI=1S/C19H25F3N4OS.HI/c1-14(15-7-4-3-5-8-15)27-12-6-10-24-18(23-2)25-11-9-17-26-16(13-28-17)19(20,21)22;/h3-5,7-8,13-14H,6,9-12H2,1-2H3,(H2,23,24,25);1H. The Bertz CT molecular complexity index is 741. The number of ether oxygens (including phenoxy) is 1. The fourth-order valence-corrected chi connectivity index (χ4v) is 3.23. The highest BCUT2D eigenvalue weighted by Gasteiger charge is 2.33. The van der Waals surface area contributed by atoms with Crippen molar-refractivity contribution in [2.75, 3.05) is 26.7 Å². The van der Waals surface area contributed by atoms with Crippen LogP contribution in [0, 0.1) is 0 Å². The van der Waals surface area contributed by atoms with Crippen molar-refractivity contribution in [1.82, 2.24) is 15.6 Å². The maximum atomic E-state index is 12.5. The van der Waals surface area contributed by atoms with Crippen molar-refractivity contribution in [2.45, 2.75) is 32.0 Å². The topological polar surface area (TPSA) is 58.5 Å². The maximum Gasteiger partial charge on any atom is 0.434 e. The summed E-state index contributed by atoms with van der Waals surface area (Å²) >= 11 is 1.01. The van der Waals surface area contributed by atoms with Crippen LogP contribution in [-0.2, 0) is 17.3 Å². The van der Waals surface area contributed by atoms with Crippen LogP contribution in [0.3, 0.4) is 0 Å². The molecule has 0 saturated heterocycles. The summed E-state index contributed by atoms with van der Waals surface area (Å²) < 4.78 is 43.4. The molecule has 10 heteroatoms. The van der Waals surface area contributed by atoms with E-state index in [0.717, 1.165) is 28.7 Å². The van der Waals surface area contributed by atoms with E-state index in [1.165, 1.54) is 0 Å². The lowest BCUT2D eigenvalue weighted by Crippen LogP contribution is -2.39. The van der Waals surface area contributed by atoms with Crippen molar-refractivity contribution >= 4 is 41.3 Å². The van der Waals surface area contributed by atoms with E-state index in [4.69, 9.17) is 4.74 Å². The second-order valence-corrected chi connectivity index (χ2v) is 7.02. The van der Waals surface area contributed by atoms with E-state index in [-0.39, 0.29) is 30.1 Å². The van der Waals surface area contributed by atoms with Crippen LogP contribution in [0.4, 0.5) is 13.2 Å². The van der Waals surface area contributed by atoms with E-state index in [0.29, 0.717) is 37.1 Å². The first kappa shape index (κ1) is 25.6. The van der Waals surface area contributed by atoms with Gasteiger partial charge in [0, 0.05) is 38.5 Å². The van der Waals surface area contributed by atoms with Gasteiger partial charge in [0.1, 0.15) is 0 Å². The highest BCUT2D eigenvalue weighted by atomic mass is 127. The smallest absolute Gasteiger partial charge is 0.374 e. The number of aromatic nitrogens is 1. The van der Waals surface area contributed by atoms with Crippen molar-refractivity contribution in [2.24, 2.45) is 4.99 Å². The number of halogens is 4. The Morgan fingerprint density at radius 2 is 1.90 bits per heavy atom. The number of hydrogen-bond acceptors (Lipinski definition) is 4.